The van der Waals surface area contributed by atoms with Gasteiger partial charge in [0.25, 0.3) is 0 Å². The minimum absolute atomic E-state index is 0.000813. The lowest BCUT2D eigenvalue weighted by Gasteiger charge is -2.25. The normalized spacial score (nSPS) is 20.3. The van der Waals surface area contributed by atoms with Crippen LogP contribution in [0.1, 0.15) is 25.7 Å². The molecule has 1 aliphatic carbocycles. The third-order valence-electron chi connectivity index (χ3n) is 4.65. The van der Waals surface area contributed by atoms with E-state index in [4.69, 9.17) is 4.74 Å². The molecule has 0 unspecified atom stereocenters. The van der Waals surface area contributed by atoms with E-state index in [0.29, 0.717) is 35.6 Å². The van der Waals surface area contributed by atoms with E-state index in [9.17, 15) is 18.3 Å². The Morgan fingerprint density at radius 3 is 2.39 bits per heavy atom. The maximum absolute atomic E-state index is 12.3. The first-order valence-corrected chi connectivity index (χ1v) is 8.93. The molecule has 1 N–H and O–H groups in total. The van der Waals surface area contributed by atoms with Crippen LogP contribution in [0, 0.1) is 0 Å². The van der Waals surface area contributed by atoms with Gasteiger partial charge in [0.2, 0.25) is 5.88 Å². The quantitative estimate of drug-likeness (QED) is 0.726. The molecule has 0 aliphatic heterocycles. The van der Waals surface area contributed by atoms with Crippen LogP contribution in [0.4, 0.5) is 13.2 Å². The number of ether oxygens (including phenoxy) is 2. The molecule has 0 radical (unpaired) electrons. The standard InChI is InChI=1S/C19H18F3N3O3/c20-19(21,22)28-15-5-1-12(2-6-15)16-11-23-17-9-10-18(24-25(16)17)27-14-7-3-13(26)4-8-14/h1-2,5-6,9-11,13-14,26H,3-4,7-8H2. The Balaban J connectivity index is 1.56. The van der Waals surface area contributed by atoms with Crippen molar-refractivity contribution in [2.24, 2.45) is 0 Å². The number of aliphatic hydroxyl groups is 1. The third kappa shape index (κ3) is 4.19. The van der Waals surface area contributed by atoms with Gasteiger partial charge in [-0.1, -0.05) is 0 Å². The van der Waals surface area contributed by atoms with E-state index < -0.39 is 6.36 Å². The Kier molecular flexibility index (Phi) is 4.84. The van der Waals surface area contributed by atoms with Gasteiger partial charge in [-0.05, 0) is 56.0 Å². The van der Waals surface area contributed by atoms with Gasteiger partial charge < -0.3 is 14.6 Å². The van der Waals surface area contributed by atoms with E-state index in [1.807, 2.05) is 0 Å². The highest BCUT2D eigenvalue weighted by molar-refractivity contribution is 5.63. The van der Waals surface area contributed by atoms with E-state index in [-0.39, 0.29) is 18.0 Å². The van der Waals surface area contributed by atoms with Gasteiger partial charge in [0.15, 0.2) is 5.65 Å². The summed E-state index contributed by atoms with van der Waals surface area (Å²) in [7, 11) is 0. The second-order valence-electron chi connectivity index (χ2n) is 6.71. The van der Waals surface area contributed by atoms with Crippen molar-refractivity contribution in [2.45, 2.75) is 44.3 Å². The van der Waals surface area contributed by atoms with Crippen molar-refractivity contribution in [1.82, 2.24) is 14.6 Å². The molecule has 3 aromatic rings. The van der Waals surface area contributed by atoms with Crippen LogP contribution in [-0.4, -0.2) is 38.3 Å². The highest BCUT2D eigenvalue weighted by atomic mass is 19.4. The fourth-order valence-electron chi connectivity index (χ4n) is 3.28. The lowest BCUT2D eigenvalue weighted by atomic mass is 9.95. The van der Waals surface area contributed by atoms with E-state index in [0.717, 1.165) is 12.8 Å². The van der Waals surface area contributed by atoms with Crippen LogP contribution < -0.4 is 9.47 Å². The molecule has 2 heterocycles. The molecule has 0 spiro atoms. The first-order valence-electron chi connectivity index (χ1n) is 8.93. The predicted octanol–water partition coefficient (Wildman–Crippen LogP) is 3.98. The van der Waals surface area contributed by atoms with Crippen LogP contribution in [0.25, 0.3) is 16.9 Å². The van der Waals surface area contributed by atoms with Gasteiger partial charge in [0.1, 0.15) is 11.9 Å². The average Bonchev–Trinajstić information content (AvgIpc) is 3.06. The molecular formula is C19H18F3N3O3. The number of halogens is 3. The first kappa shape index (κ1) is 18.5. The molecule has 6 nitrogen and oxygen atoms in total. The van der Waals surface area contributed by atoms with Gasteiger partial charge in [0, 0.05) is 11.6 Å². The number of imidazole rings is 1. The van der Waals surface area contributed by atoms with Crippen LogP contribution in [-0.2, 0) is 0 Å². The number of aliphatic hydroxyl groups excluding tert-OH is 1. The lowest BCUT2D eigenvalue weighted by molar-refractivity contribution is -0.274. The summed E-state index contributed by atoms with van der Waals surface area (Å²) >= 11 is 0. The summed E-state index contributed by atoms with van der Waals surface area (Å²) in [5, 5.41) is 14.1. The summed E-state index contributed by atoms with van der Waals surface area (Å²) in [5.41, 5.74) is 1.86. The monoisotopic (exact) mass is 393 g/mol. The van der Waals surface area contributed by atoms with Gasteiger partial charge in [-0.2, -0.15) is 0 Å². The Hall–Kier alpha value is -2.81. The molecule has 1 fully saturated rings. The van der Waals surface area contributed by atoms with Crippen molar-refractivity contribution in [2.75, 3.05) is 0 Å². The number of benzene rings is 1. The van der Waals surface area contributed by atoms with E-state index in [1.54, 1.807) is 22.8 Å². The Labute approximate surface area is 158 Å². The highest BCUT2D eigenvalue weighted by Gasteiger charge is 2.31. The van der Waals surface area contributed by atoms with Crippen molar-refractivity contribution in [3.8, 4) is 22.9 Å². The van der Waals surface area contributed by atoms with Crippen LogP contribution >= 0.6 is 0 Å². The molecule has 0 saturated heterocycles. The fraction of sp³-hybridized carbons (Fsp3) is 0.368. The predicted molar refractivity (Wildman–Crippen MR) is 94.0 cm³/mol. The molecule has 28 heavy (non-hydrogen) atoms. The largest absolute Gasteiger partial charge is 0.573 e. The molecule has 0 amide bonds. The molecule has 1 aromatic carbocycles. The summed E-state index contributed by atoms with van der Waals surface area (Å²) in [4.78, 5) is 4.28. The molecule has 2 aromatic heterocycles. The van der Waals surface area contributed by atoms with E-state index in [1.165, 1.54) is 24.3 Å². The molecule has 0 bridgehead atoms. The maximum atomic E-state index is 12.3. The second-order valence-corrected chi connectivity index (χ2v) is 6.71. The molecule has 0 atom stereocenters. The summed E-state index contributed by atoms with van der Waals surface area (Å²) in [6.07, 6.45) is -0.461. The zero-order valence-corrected chi connectivity index (χ0v) is 14.8. The number of nitrogens with zero attached hydrogens (tertiary/aromatic N) is 3. The van der Waals surface area contributed by atoms with E-state index in [2.05, 4.69) is 14.8 Å². The Morgan fingerprint density at radius 2 is 1.71 bits per heavy atom. The fourth-order valence-corrected chi connectivity index (χ4v) is 3.28. The first-order chi connectivity index (χ1) is 13.4. The molecule has 1 aliphatic rings. The summed E-state index contributed by atoms with van der Waals surface area (Å²) < 4.78 is 48.3. The van der Waals surface area contributed by atoms with Crippen LogP contribution in [0.3, 0.4) is 0 Å². The van der Waals surface area contributed by atoms with Gasteiger partial charge >= 0.3 is 6.36 Å². The van der Waals surface area contributed by atoms with E-state index >= 15 is 0 Å². The molecule has 1 saturated carbocycles. The lowest BCUT2D eigenvalue weighted by Crippen LogP contribution is -2.26. The van der Waals surface area contributed by atoms with Crippen molar-refractivity contribution < 1.29 is 27.8 Å². The van der Waals surface area contributed by atoms with Crippen molar-refractivity contribution in [3.63, 3.8) is 0 Å². The topological polar surface area (TPSA) is 68.9 Å². The number of fused-ring (bicyclic) bond motifs is 1. The second kappa shape index (κ2) is 7.31. The number of hydrogen-bond donors (Lipinski definition) is 1. The Bertz CT molecular complexity index is 948. The number of aromatic nitrogens is 3. The highest BCUT2D eigenvalue weighted by Crippen LogP contribution is 2.28. The third-order valence-corrected chi connectivity index (χ3v) is 4.65. The minimum atomic E-state index is -4.73. The summed E-state index contributed by atoms with van der Waals surface area (Å²) in [6.45, 7) is 0. The van der Waals surface area contributed by atoms with Crippen molar-refractivity contribution in [3.05, 3.63) is 42.6 Å². The summed E-state index contributed by atoms with van der Waals surface area (Å²) in [5.74, 6) is 0.145. The number of rotatable bonds is 4. The SMILES string of the molecule is OC1CCC(Oc2ccc3ncc(-c4ccc(OC(F)(F)F)cc4)n3n2)CC1. The molecule has 4 rings (SSSR count). The number of alkyl halides is 3. The maximum Gasteiger partial charge on any atom is 0.573 e. The molecule has 9 heteroatoms. The minimum Gasteiger partial charge on any atom is -0.473 e. The van der Waals surface area contributed by atoms with Crippen molar-refractivity contribution in [1.29, 1.82) is 0 Å². The number of hydrogen-bond acceptors (Lipinski definition) is 5. The van der Waals surface area contributed by atoms with Gasteiger partial charge in [0.05, 0.1) is 18.0 Å². The zero-order valence-electron chi connectivity index (χ0n) is 14.8. The van der Waals surface area contributed by atoms with Crippen LogP contribution in [0.5, 0.6) is 11.6 Å². The van der Waals surface area contributed by atoms with Crippen LogP contribution in [0.15, 0.2) is 42.6 Å². The van der Waals surface area contributed by atoms with Gasteiger partial charge in [-0.25, -0.2) is 9.50 Å². The van der Waals surface area contributed by atoms with Gasteiger partial charge in [-0.3, -0.25) is 0 Å². The van der Waals surface area contributed by atoms with Crippen molar-refractivity contribution >= 4 is 5.65 Å². The van der Waals surface area contributed by atoms with Crippen LogP contribution in [0.2, 0.25) is 0 Å². The smallest absolute Gasteiger partial charge is 0.473 e. The average molecular weight is 393 g/mol. The summed E-state index contributed by atoms with van der Waals surface area (Å²) in [6, 6.07) is 9.03. The Morgan fingerprint density at radius 1 is 1.00 bits per heavy atom. The van der Waals surface area contributed by atoms with Gasteiger partial charge in [-0.15, -0.1) is 18.3 Å². The zero-order chi connectivity index (χ0) is 19.7. The molecule has 148 valence electrons. The molecular weight excluding hydrogens is 375 g/mol.